The highest BCUT2D eigenvalue weighted by atomic mass is 19.1. The van der Waals surface area contributed by atoms with Gasteiger partial charge in [-0.1, -0.05) is 48.5 Å². The number of aromatic nitrogens is 1. The Kier molecular flexibility index (Phi) is 7.07. The molecule has 1 unspecified atom stereocenters. The van der Waals surface area contributed by atoms with E-state index in [2.05, 4.69) is 10.3 Å². The molecule has 0 radical (unpaired) electrons. The Labute approximate surface area is 213 Å². The maximum absolute atomic E-state index is 14.3. The first-order valence-electron chi connectivity index (χ1n) is 11.7. The van der Waals surface area contributed by atoms with Crippen molar-refractivity contribution in [3.8, 4) is 11.5 Å². The number of rotatable bonds is 8. The molecule has 1 aromatic heterocycles. The number of pyridine rings is 1. The molecule has 1 aliphatic rings. The number of nitrogens with zero attached hydrogens (tertiary/aromatic N) is 2. The van der Waals surface area contributed by atoms with Crippen LogP contribution in [0.3, 0.4) is 0 Å². The third-order valence-corrected chi connectivity index (χ3v) is 5.96. The second-order valence-electron chi connectivity index (χ2n) is 8.56. The van der Waals surface area contributed by atoms with Crippen molar-refractivity contribution in [1.29, 1.82) is 0 Å². The van der Waals surface area contributed by atoms with E-state index in [1.807, 2.05) is 36.4 Å². The normalized spacial score (nSPS) is 12.6. The van der Waals surface area contributed by atoms with Crippen LogP contribution in [-0.2, 0) is 22.6 Å². The average Bonchev–Trinajstić information content (AvgIpc) is 3.37. The van der Waals surface area contributed by atoms with Gasteiger partial charge in [-0.05, 0) is 47.0 Å². The molecule has 8 heteroatoms. The first-order valence-corrected chi connectivity index (χ1v) is 11.7. The van der Waals surface area contributed by atoms with Crippen LogP contribution in [-0.4, -0.2) is 28.5 Å². The Morgan fingerprint density at radius 3 is 2.51 bits per heavy atom. The fourth-order valence-corrected chi connectivity index (χ4v) is 4.22. The number of nitrogens with one attached hydrogen (secondary N) is 1. The van der Waals surface area contributed by atoms with Crippen LogP contribution in [0.5, 0.6) is 11.5 Å². The summed E-state index contributed by atoms with van der Waals surface area (Å²) < 4.78 is 25.1. The fraction of sp³-hybridized carbons (Fsp3) is 0.138. The van der Waals surface area contributed by atoms with Gasteiger partial charge in [-0.25, -0.2) is 4.39 Å². The predicted octanol–water partition coefficient (Wildman–Crippen LogP) is 4.90. The SMILES string of the molecule is O=C(Nc1ccc2c(c1)OCO2)C(c1cccc(F)c1)N(Cc1cccnc1)C(=O)Cc1ccccc1. The average molecular weight is 498 g/mol. The van der Waals surface area contributed by atoms with Gasteiger partial charge < -0.3 is 19.7 Å². The van der Waals surface area contributed by atoms with Crippen molar-refractivity contribution in [2.45, 2.75) is 19.0 Å². The van der Waals surface area contributed by atoms with Crippen molar-refractivity contribution in [2.24, 2.45) is 0 Å². The Hall–Kier alpha value is -4.72. The van der Waals surface area contributed by atoms with Gasteiger partial charge >= 0.3 is 0 Å². The molecule has 37 heavy (non-hydrogen) atoms. The second-order valence-corrected chi connectivity index (χ2v) is 8.56. The highest BCUT2D eigenvalue weighted by Crippen LogP contribution is 2.35. The second kappa shape index (κ2) is 10.9. The minimum Gasteiger partial charge on any atom is -0.454 e. The van der Waals surface area contributed by atoms with E-state index in [-0.39, 0.29) is 25.7 Å². The van der Waals surface area contributed by atoms with Crippen molar-refractivity contribution >= 4 is 17.5 Å². The molecule has 1 N–H and O–H groups in total. The monoisotopic (exact) mass is 497 g/mol. The number of anilines is 1. The Morgan fingerprint density at radius 2 is 1.73 bits per heavy atom. The molecule has 0 saturated heterocycles. The summed E-state index contributed by atoms with van der Waals surface area (Å²) in [6, 6.07) is 22.5. The molecule has 5 rings (SSSR count). The third kappa shape index (κ3) is 5.75. The van der Waals surface area contributed by atoms with Gasteiger partial charge in [0.25, 0.3) is 5.91 Å². The number of amides is 2. The summed E-state index contributed by atoms with van der Waals surface area (Å²) in [7, 11) is 0. The van der Waals surface area contributed by atoms with Crippen LogP contribution in [0.15, 0.2) is 97.3 Å². The van der Waals surface area contributed by atoms with Gasteiger partial charge in [0.2, 0.25) is 12.7 Å². The van der Waals surface area contributed by atoms with Crippen LogP contribution < -0.4 is 14.8 Å². The van der Waals surface area contributed by atoms with E-state index in [1.165, 1.54) is 23.1 Å². The molecule has 1 atom stereocenters. The largest absolute Gasteiger partial charge is 0.454 e. The first kappa shape index (κ1) is 24.0. The summed E-state index contributed by atoms with van der Waals surface area (Å²) in [5, 5.41) is 2.87. The predicted molar refractivity (Wildman–Crippen MR) is 135 cm³/mol. The third-order valence-electron chi connectivity index (χ3n) is 5.96. The number of ether oxygens (including phenoxy) is 2. The fourth-order valence-electron chi connectivity index (χ4n) is 4.22. The molecule has 0 fully saturated rings. The van der Waals surface area contributed by atoms with E-state index < -0.39 is 17.8 Å². The summed E-state index contributed by atoms with van der Waals surface area (Å²) in [5.74, 6) is -0.196. The van der Waals surface area contributed by atoms with Crippen molar-refractivity contribution in [2.75, 3.05) is 12.1 Å². The van der Waals surface area contributed by atoms with Gasteiger partial charge in [-0.2, -0.15) is 0 Å². The Balaban J connectivity index is 1.52. The summed E-state index contributed by atoms with van der Waals surface area (Å²) in [6.07, 6.45) is 3.35. The quantitative estimate of drug-likeness (QED) is 0.375. The summed E-state index contributed by atoms with van der Waals surface area (Å²) >= 11 is 0. The molecule has 0 saturated carbocycles. The number of hydrogen-bond donors (Lipinski definition) is 1. The molecule has 186 valence electrons. The highest BCUT2D eigenvalue weighted by Gasteiger charge is 2.32. The number of carbonyl (C=O) groups excluding carboxylic acids is 2. The van der Waals surface area contributed by atoms with Crippen LogP contribution in [0.2, 0.25) is 0 Å². The lowest BCUT2D eigenvalue weighted by Gasteiger charge is -2.31. The van der Waals surface area contributed by atoms with Crippen LogP contribution in [0.4, 0.5) is 10.1 Å². The van der Waals surface area contributed by atoms with Crippen molar-refractivity contribution in [3.05, 3.63) is 120 Å². The van der Waals surface area contributed by atoms with Gasteiger partial charge in [-0.3, -0.25) is 14.6 Å². The van der Waals surface area contributed by atoms with E-state index in [9.17, 15) is 14.0 Å². The zero-order chi connectivity index (χ0) is 25.6. The molecule has 2 heterocycles. The van der Waals surface area contributed by atoms with E-state index in [0.29, 0.717) is 22.7 Å². The molecule has 1 aliphatic heterocycles. The van der Waals surface area contributed by atoms with E-state index in [1.54, 1.807) is 42.7 Å². The maximum Gasteiger partial charge on any atom is 0.251 e. The molecule has 0 spiro atoms. The number of hydrogen-bond acceptors (Lipinski definition) is 5. The lowest BCUT2D eigenvalue weighted by molar-refractivity contribution is -0.139. The first-order chi connectivity index (χ1) is 18.1. The van der Waals surface area contributed by atoms with Gasteiger partial charge in [0.05, 0.1) is 6.42 Å². The van der Waals surface area contributed by atoms with Gasteiger partial charge in [0.1, 0.15) is 11.9 Å². The van der Waals surface area contributed by atoms with Crippen molar-refractivity contribution in [3.63, 3.8) is 0 Å². The lowest BCUT2D eigenvalue weighted by atomic mass is 10.0. The highest BCUT2D eigenvalue weighted by molar-refractivity contribution is 5.98. The molecule has 4 aromatic rings. The standard InChI is InChI=1S/C29H24FN3O4/c30-23-10-4-9-22(15-23)28(29(35)32-24-11-12-25-26(16-24)37-19-36-25)33(18-21-8-5-13-31-17-21)27(34)14-20-6-2-1-3-7-20/h1-13,15-17,28H,14,18-19H2,(H,32,35). The minimum absolute atomic E-state index is 0.0736. The Morgan fingerprint density at radius 1 is 0.919 bits per heavy atom. The maximum atomic E-state index is 14.3. The van der Waals surface area contributed by atoms with E-state index in [0.717, 1.165) is 11.1 Å². The summed E-state index contributed by atoms with van der Waals surface area (Å²) in [6.45, 7) is 0.209. The van der Waals surface area contributed by atoms with E-state index >= 15 is 0 Å². The molecule has 0 aliphatic carbocycles. The van der Waals surface area contributed by atoms with E-state index in [4.69, 9.17) is 9.47 Å². The van der Waals surface area contributed by atoms with Crippen LogP contribution in [0, 0.1) is 5.82 Å². The molecular formula is C29H24FN3O4. The number of fused-ring (bicyclic) bond motifs is 1. The zero-order valence-corrected chi connectivity index (χ0v) is 19.8. The van der Waals surface area contributed by atoms with Gasteiger partial charge in [0, 0.05) is 30.7 Å². The topological polar surface area (TPSA) is 80.8 Å². The minimum atomic E-state index is -1.11. The van der Waals surface area contributed by atoms with Gasteiger partial charge in [0.15, 0.2) is 11.5 Å². The number of benzene rings is 3. The summed E-state index contributed by atoms with van der Waals surface area (Å²) in [4.78, 5) is 33.1. The van der Waals surface area contributed by atoms with Crippen LogP contribution >= 0.6 is 0 Å². The summed E-state index contributed by atoms with van der Waals surface area (Å²) in [5.41, 5.74) is 2.36. The zero-order valence-electron chi connectivity index (χ0n) is 19.8. The van der Waals surface area contributed by atoms with Crippen LogP contribution in [0.1, 0.15) is 22.7 Å². The molecule has 2 amide bonds. The number of carbonyl (C=O) groups is 2. The Bertz CT molecular complexity index is 1400. The number of halogens is 1. The lowest BCUT2D eigenvalue weighted by Crippen LogP contribution is -2.41. The van der Waals surface area contributed by atoms with Crippen molar-refractivity contribution in [1.82, 2.24) is 9.88 Å². The molecule has 7 nitrogen and oxygen atoms in total. The van der Waals surface area contributed by atoms with Gasteiger partial charge in [-0.15, -0.1) is 0 Å². The smallest absolute Gasteiger partial charge is 0.251 e. The molecular weight excluding hydrogens is 473 g/mol. The van der Waals surface area contributed by atoms with Crippen LogP contribution in [0.25, 0.3) is 0 Å². The van der Waals surface area contributed by atoms with Crippen molar-refractivity contribution < 1.29 is 23.5 Å². The molecule has 3 aromatic carbocycles. The molecule has 0 bridgehead atoms.